The second-order valence-electron chi connectivity index (χ2n) is 3.73. The first-order chi connectivity index (χ1) is 6.25. The van der Waals surface area contributed by atoms with Crippen molar-refractivity contribution < 1.29 is 5.11 Å². The first kappa shape index (κ1) is 9.19. The molecule has 1 saturated carbocycles. The maximum atomic E-state index is 9.09. The van der Waals surface area contributed by atoms with Gasteiger partial charge in [-0.25, -0.2) is 0 Å². The second-order valence-corrected chi connectivity index (χ2v) is 4.73. The molecular formula is C10H15NOS. The monoisotopic (exact) mass is 197 g/mol. The van der Waals surface area contributed by atoms with Crippen molar-refractivity contribution in [1.29, 1.82) is 0 Å². The lowest BCUT2D eigenvalue weighted by Gasteiger charge is -2.32. The van der Waals surface area contributed by atoms with Gasteiger partial charge in [-0.1, -0.05) is 0 Å². The molecule has 2 rings (SSSR count). The SMILES string of the molecule is Cc1ccsc1CNC1CC(O)C1. The van der Waals surface area contributed by atoms with Crippen LogP contribution < -0.4 is 5.32 Å². The normalized spacial score (nSPS) is 27.2. The molecule has 0 unspecified atom stereocenters. The Balaban J connectivity index is 1.77. The van der Waals surface area contributed by atoms with Crippen molar-refractivity contribution in [2.45, 2.75) is 38.5 Å². The number of hydrogen-bond donors (Lipinski definition) is 2. The van der Waals surface area contributed by atoms with E-state index in [4.69, 9.17) is 5.11 Å². The molecule has 2 N–H and O–H groups in total. The maximum absolute atomic E-state index is 9.09. The van der Waals surface area contributed by atoms with E-state index in [-0.39, 0.29) is 6.10 Å². The molecule has 1 aromatic heterocycles. The predicted molar refractivity (Wildman–Crippen MR) is 54.9 cm³/mol. The Morgan fingerprint density at radius 1 is 1.62 bits per heavy atom. The summed E-state index contributed by atoms with van der Waals surface area (Å²) in [6.07, 6.45) is 1.79. The van der Waals surface area contributed by atoms with Gasteiger partial charge < -0.3 is 10.4 Å². The van der Waals surface area contributed by atoms with Crippen molar-refractivity contribution in [1.82, 2.24) is 5.32 Å². The van der Waals surface area contributed by atoms with Crippen LogP contribution in [0.25, 0.3) is 0 Å². The number of hydrogen-bond acceptors (Lipinski definition) is 3. The van der Waals surface area contributed by atoms with Gasteiger partial charge in [-0.15, -0.1) is 11.3 Å². The molecule has 0 spiro atoms. The zero-order valence-corrected chi connectivity index (χ0v) is 8.60. The second kappa shape index (κ2) is 3.78. The molecule has 1 aliphatic rings. The Labute approximate surface area is 82.6 Å². The summed E-state index contributed by atoms with van der Waals surface area (Å²) in [4.78, 5) is 1.42. The average Bonchev–Trinajstić information content (AvgIpc) is 2.43. The Hall–Kier alpha value is -0.380. The molecule has 0 saturated heterocycles. The highest BCUT2D eigenvalue weighted by molar-refractivity contribution is 7.10. The van der Waals surface area contributed by atoms with Gasteiger partial charge in [0, 0.05) is 17.5 Å². The molecule has 1 aliphatic carbocycles. The molecule has 3 heteroatoms. The number of aryl methyl sites for hydroxylation is 1. The van der Waals surface area contributed by atoms with Crippen molar-refractivity contribution in [3.63, 3.8) is 0 Å². The first-order valence-corrected chi connectivity index (χ1v) is 5.58. The number of aliphatic hydroxyl groups is 1. The van der Waals surface area contributed by atoms with Crippen LogP contribution in [0.4, 0.5) is 0 Å². The van der Waals surface area contributed by atoms with E-state index in [0.29, 0.717) is 6.04 Å². The largest absolute Gasteiger partial charge is 0.393 e. The maximum Gasteiger partial charge on any atom is 0.0570 e. The number of thiophene rings is 1. The summed E-state index contributed by atoms with van der Waals surface area (Å²) in [5, 5.41) is 14.7. The zero-order chi connectivity index (χ0) is 9.26. The van der Waals surface area contributed by atoms with Crippen molar-refractivity contribution in [2.75, 3.05) is 0 Å². The molecule has 1 fully saturated rings. The van der Waals surface area contributed by atoms with Gasteiger partial charge >= 0.3 is 0 Å². The predicted octanol–water partition coefficient (Wildman–Crippen LogP) is 1.67. The van der Waals surface area contributed by atoms with Crippen LogP contribution in [0, 0.1) is 6.92 Å². The fraction of sp³-hybridized carbons (Fsp3) is 0.600. The van der Waals surface area contributed by atoms with Crippen LogP contribution in [-0.4, -0.2) is 17.3 Å². The molecule has 0 aromatic carbocycles. The fourth-order valence-corrected chi connectivity index (χ4v) is 2.43. The summed E-state index contributed by atoms with van der Waals surface area (Å²) in [6, 6.07) is 2.69. The fourth-order valence-electron chi connectivity index (χ4n) is 1.58. The van der Waals surface area contributed by atoms with Gasteiger partial charge in [0.2, 0.25) is 0 Å². The Morgan fingerprint density at radius 2 is 2.38 bits per heavy atom. The van der Waals surface area contributed by atoms with Gasteiger partial charge in [-0.2, -0.15) is 0 Å². The van der Waals surface area contributed by atoms with Crippen LogP contribution in [0.3, 0.4) is 0 Å². The highest BCUT2D eigenvalue weighted by Gasteiger charge is 2.26. The molecule has 0 radical (unpaired) electrons. The molecule has 13 heavy (non-hydrogen) atoms. The topological polar surface area (TPSA) is 32.3 Å². The smallest absolute Gasteiger partial charge is 0.0570 e. The van der Waals surface area contributed by atoms with Crippen LogP contribution >= 0.6 is 11.3 Å². The minimum Gasteiger partial charge on any atom is -0.393 e. The van der Waals surface area contributed by atoms with Gasteiger partial charge in [-0.3, -0.25) is 0 Å². The van der Waals surface area contributed by atoms with Crippen LogP contribution in [0.5, 0.6) is 0 Å². The highest BCUT2D eigenvalue weighted by atomic mass is 32.1. The standard InChI is InChI=1S/C10H15NOS/c1-7-2-3-13-10(7)6-11-8-4-9(12)5-8/h2-3,8-9,11-12H,4-6H2,1H3. The van der Waals surface area contributed by atoms with E-state index in [1.54, 1.807) is 11.3 Å². The number of nitrogens with one attached hydrogen (secondary N) is 1. The quantitative estimate of drug-likeness (QED) is 0.772. The van der Waals surface area contributed by atoms with E-state index in [2.05, 4.69) is 23.7 Å². The molecule has 72 valence electrons. The third-order valence-corrected chi connectivity index (χ3v) is 3.66. The lowest BCUT2D eigenvalue weighted by Crippen LogP contribution is -2.43. The molecule has 0 bridgehead atoms. The lowest BCUT2D eigenvalue weighted by atomic mass is 9.89. The Morgan fingerprint density at radius 3 is 2.92 bits per heavy atom. The average molecular weight is 197 g/mol. The van der Waals surface area contributed by atoms with Gasteiger partial charge in [0.05, 0.1) is 6.10 Å². The minimum atomic E-state index is -0.0538. The van der Waals surface area contributed by atoms with Crippen molar-refractivity contribution in [2.24, 2.45) is 0 Å². The van der Waals surface area contributed by atoms with Crippen LogP contribution in [0.2, 0.25) is 0 Å². The molecule has 1 heterocycles. The van der Waals surface area contributed by atoms with Crippen LogP contribution in [-0.2, 0) is 6.54 Å². The van der Waals surface area contributed by atoms with Crippen molar-refractivity contribution in [3.8, 4) is 0 Å². The summed E-state index contributed by atoms with van der Waals surface area (Å²) in [7, 11) is 0. The molecule has 0 atom stereocenters. The summed E-state index contributed by atoms with van der Waals surface area (Å²) in [5.41, 5.74) is 1.37. The zero-order valence-electron chi connectivity index (χ0n) is 7.79. The van der Waals surface area contributed by atoms with Crippen molar-refractivity contribution >= 4 is 11.3 Å². The third-order valence-electron chi connectivity index (χ3n) is 2.63. The van der Waals surface area contributed by atoms with E-state index in [9.17, 15) is 0 Å². The lowest BCUT2D eigenvalue weighted by molar-refractivity contribution is 0.0620. The van der Waals surface area contributed by atoms with E-state index in [1.807, 2.05) is 0 Å². The third kappa shape index (κ3) is 2.10. The summed E-state index contributed by atoms with van der Waals surface area (Å²) >= 11 is 1.80. The highest BCUT2D eigenvalue weighted by Crippen LogP contribution is 2.21. The Kier molecular flexibility index (Phi) is 2.67. The van der Waals surface area contributed by atoms with Crippen LogP contribution in [0.1, 0.15) is 23.3 Å². The molecule has 2 nitrogen and oxygen atoms in total. The molecule has 1 aromatic rings. The van der Waals surface area contributed by atoms with Gasteiger partial charge in [0.15, 0.2) is 0 Å². The molecule has 0 amide bonds. The Bertz CT molecular complexity index is 278. The van der Waals surface area contributed by atoms with E-state index >= 15 is 0 Å². The minimum absolute atomic E-state index is 0.0538. The first-order valence-electron chi connectivity index (χ1n) is 4.70. The van der Waals surface area contributed by atoms with Gasteiger partial charge in [0.1, 0.15) is 0 Å². The van der Waals surface area contributed by atoms with E-state index in [0.717, 1.165) is 19.4 Å². The van der Waals surface area contributed by atoms with Crippen LogP contribution in [0.15, 0.2) is 11.4 Å². The van der Waals surface area contributed by atoms with Gasteiger partial charge in [-0.05, 0) is 36.8 Å². The summed E-state index contributed by atoms with van der Waals surface area (Å²) in [5.74, 6) is 0. The number of aliphatic hydroxyl groups excluding tert-OH is 1. The van der Waals surface area contributed by atoms with Crippen molar-refractivity contribution in [3.05, 3.63) is 21.9 Å². The van der Waals surface area contributed by atoms with E-state index < -0.39 is 0 Å². The number of rotatable bonds is 3. The summed E-state index contributed by atoms with van der Waals surface area (Å²) in [6.45, 7) is 3.10. The summed E-state index contributed by atoms with van der Waals surface area (Å²) < 4.78 is 0. The van der Waals surface area contributed by atoms with E-state index in [1.165, 1.54) is 10.4 Å². The van der Waals surface area contributed by atoms with Gasteiger partial charge in [0.25, 0.3) is 0 Å². The molecular weight excluding hydrogens is 182 g/mol. The molecule has 0 aliphatic heterocycles.